The molecule has 1 atom stereocenters. The second kappa shape index (κ2) is 5.54. The molecule has 1 aromatic heterocycles. The zero-order valence-corrected chi connectivity index (χ0v) is 13.7. The maximum atomic E-state index is 9.65. The molecule has 0 saturated carbocycles. The number of nitrogens with zero attached hydrogens (tertiary/aromatic N) is 3. The van der Waals surface area contributed by atoms with E-state index in [1.54, 1.807) is 13.3 Å². The third-order valence-electron chi connectivity index (χ3n) is 4.62. The number of aromatic nitrogens is 1. The molecule has 118 valence electrons. The van der Waals surface area contributed by atoms with Gasteiger partial charge in [0.15, 0.2) is 0 Å². The summed E-state index contributed by atoms with van der Waals surface area (Å²) < 4.78 is 5.38. The van der Waals surface area contributed by atoms with Crippen molar-refractivity contribution < 1.29 is 4.74 Å². The molecule has 4 heteroatoms. The molecule has 0 aliphatic carbocycles. The van der Waals surface area contributed by atoms with Crippen LogP contribution in [0, 0.1) is 11.3 Å². The quantitative estimate of drug-likeness (QED) is 0.711. The third-order valence-corrected chi connectivity index (χ3v) is 4.62. The minimum atomic E-state index is 0.284. The van der Waals surface area contributed by atoms with Crippen molar-refractivity contribution in [2.75, 3.05) is 12.0 Å². The minimum absolute atomic E-state index is 0.284. The van der Waals surface area contributed by atoms with Crippen molar-refractivity contribution in [3.63, 3.8) is 0 Å². The maximum Gasteiger partial charge on any atom is 0.119 e. The molecule has 1 aliphatic rings. The van der Waals surface area contributed by atoms with Crippen LogP contribution in [0.1, 0.15) is 18.1 Å². The monoisotopic (exact) mass is 315 g/mol. The minimum Gasteiger partial charge on any atom is -0.497 e. The van der Waals surface area contributed by atoms with Crippen molar-refractivity contribution in [2.45, 2.75) is 19.4 Å². The lowest BCUT2D eigenvalue weighted by Gasteiger charge is -2.27. The molecule has 4 rings (SSSR count). The van der Waals surface area contributed by atoms with Crippen LogP contribution in [-0.2, 0) is 6.42 Å². The predicted octanol–water partition coefficient (Wildman–Crippen LogP) is 4.20. The number of hydrogen-bond acceptors (Lipinski definition) is 4. The van der Waals surface area contributed by atoms with Crippen molar-refractivity contribution >= 4 is 22.3 Å². The summed E-state index contributed by atoms with van der Waals surface area (Å²) in [5.74, 6) is 0.765. The Labute approximate surface area is 140 Å². The van der Waals surface area contributed by atoms with Gasteiger partial charge in [0.25, 0.3) is 0 Å². The van der Waals surface area contributed by atoms with Gasteiger partial charge >= 0.3 is 0 Å². The van der Waals surface area contributed by atoms with Crippen molar-refractivity contribution in [1.82, 2.24) is 4.98 Å². The molecule has 1 aliphatic heterocycles. The molecule has 3 aromatic rings. The van der Waals surface area contributed by atoms with Crippen LogP contribution in [0.5, 0.6) is 5.75 Å². The molecule has 0 bridgehead atoms. The fraction of sp³-hybridized carbons (Fsp3) is 0.200. The van der Waals surface area contributed by atoms with Crippen LogP contribution in [0.4, 0.5) is 11.4 Å². The maximum absolute atomic E-state index is 9.65. The highest BCUT2D eigenvalue weighted by Crippen LogP contribution is 2.43. The van der Waals surface area contributed by atoms with Gasteiger partial charge < -0.3 is 9.64 Å². The van der Waals surface area contributed by atoms with E-state index in [0.29, 0.717) is 5.56 Å². The van der Waals surface area contributed by atoms with Crippen molar-refractivity contribution in [1.29, 1.82) is 5.26 Å². The molecule has 0 spiro atoms. The Morgan fingerprint density at radius 3 is 2.88 bits per heavy atom. The van der Waals surface area contributed by atoms with Crippen LogP contribution < -0.4 is 9.64 Å². The lowest BCUT2D eigenvalue weighted by atomic mass is 10.1. The van der Waals surface area contributed by atoms with Gasteiger partial charge in [-0.1, -0.05) is 18.2 Å². The Morgan fingerprint density at radius 1 is 1.25 bits per heavy atom. The number of rotatable bonds is 2. The van der Waals surface area contributed by atoms with Crippen LogP contribution in [-0.4, -0.2) is 18.1 Å². The van der Waals surface area contributed by atoms with E-state index in [1.807, 2.05) is 24.3 Å². The van der Waals surface area contributed by atoms with Gasteiger partial charge in [0, 0.05) is 23.3 Å². The molecule has 0 fully saturated rings. The standard InChI is InChI=1S/C20H17N3O/c1-13-9-14-5-3-4-6-19(14)23(13)20-15(11-21)12-22-18-8-7-16(24-2)10-17(18)20/h3-8,10,12-13H,9H2,1-2H3. The van der Waals surface area contributed by atoms with Gasteiger partial charge in [-0.2, -0.15) is 5.26 Å². The first-order chi connectivity index (χ1) is 11.7. The summed E-state index contributed by atoms with van der Waals surface area (Å²) in [4.78, 5) is 6.70. The van der Waals surface area contributed by atoms with Crippen LogP contribution in [0.2, 0.25) is 0 Å². The van der Waals surface area contributed by atoms with Gasteiger partial charge in [-0.25, -0.2) is 0 Å². The summed E-state index contributed by atoms with van der Waals surface area (Å²) in [7, 11) is 1.65. The number of ether oxygens (including phenoxy) is 1. The zero-order chi connectivity index (χ0) is 16.7. The molecule has 0 N–H and O–H groups in total. The zero-order valence-electron chi connectivity index (χ0n) is 13.7. The number of benzene rings is 2. The lowest BCUT2D eigenvalue weighted by Crippen LogP contribution is -2.25. The Kier molecular flexibility index (Phi) is 3.35. The molecular weight excluding hydrogens is 298 g/mol. The molecule has 2 aromatic carbocycles. The van der Waals surface area contributed by atoms with E-state index in [0.717, 1.165) is 34.4 Å². The topological polar surface area (TPSA) is 49.1 Å². The van der Waals surface area contributed by atoms with E-state index in [4.69, 9.17) is 4.74 Å². The second-order valence-corrected chi connectivity index (χ2v) is 6.07. The Hall–Kier alpha value is -3.06. The van der Waals surface area contributed by atoms with Crippen molar-refractivity contribution in [3.8, 4) is 11.8 Å². The molecule has 0 radical (unpaired) electrons. The summed E-state index contributed by atoms with van der Waals surface area (Å²) in [5, 5.41) is 10.6. The highest BCUT2D eigenvalue weighted by atomic mass is 16.5. The Bertz CT molecular complexity index is 974. The summed E-state index contributed by atoms with van der Waals surface area (Å²) in [6.07, 6.45) is 2.63. The highest BCUT2D eigenvalue weighted by molar-refractivity contribution is 5.98. The Morgan fingerprint density at radius 2 is 2.08 bits per heavy atom. The van der Waals surface area contributed by atoms with E-state index >= 15 is 0 Å². The molecule has 4 nitrogen and oxygen atoms in total. The third kappa shape index (κ3) is 2.10. The molecule has 0 amide bonds. The largest absolute Gasteiger partial charge is 0.497 e. The number of anilines is 2. The molecule has 2 heterocycles. The molecule has 24 heavy (non-hydrogen) atoms. The van der Waals surface area contributed by atoms with E-state index in [1.165, 1.54) is 5.56 Å². The SMILES string of the molecule is COc1ccc2ncc(C#N)c(N3c4ccccc4CC3C)c2c1. The second-order valence-electron chi connectivity index (χ2n) is 6.07. The summed E-state index contributed by atoms with van der Waals surface area (Å²) in [5.41, 5.74) is 4.83. The van der Waals surface area contributed by atoms with Gasteiger partial charge in [0.05, 0.1) is 23.9 Å². The van der Waals surface area contributed by atoms with Crippen LogP contribution in [0.15, 0.2) is 48.7 Å². The number of hydrogen-bond donors (Lipinski definition) is 0. The van der Waals surface area contributed by atoms with Crippen LogP contribution in [0.3, 0.4) is 0 Å². The molecule has 1 unspecified atom stereocenters. The number of nitriles is 1. The number of pyridine rings is 1. The highest BCUT2D eigenvalue weighted by Gasteiger charge is 2.30. The summed E-state index contributed by atoms with van der Waals surface area (Å²) in [6, 6.07) is 16.8. The van der Waals surface area contributed by atoms with Gasteiger partial charge in [0.1, 0.15) is 11.8 Å². The molecule has 0 saturated heterocycles. The van der Waals surface area contributed by atoms with Crippen molar-refractivity contribution in [3.05, 3.63) is 59.8 Å². The predicted molar refractivity (Wildman–Crippen MR) is 94.8 cm³/mol. The molecular formula is C20H17N3O. The van der Waals surface area contributed by atoms with E-state index in [2.05, 4.69) is 41.1 Å². The van der Waals surface area contributed by atoms with E-state index < -0.39 is 0 Å². The fourth-order valence-corrected chi connectivity index (χ4v) is 3.53. The number of para-hydroxylation sites is 1. The van der Waals surface area contributed by atoms with Crippen LogP contribution >= 0.6 is 0 Å². The van der Waals surface area contributed by atoms with E-state index in [9.17, 15) is 5.26 Å². The van der Waals surface area contributed by atoms with Gasteiger partial charge in [0.2, 0.25) is 0 Å². The van der Waals surface area contributed by atoms with Crippen LogP contribution in [0.25, 0.3) is 10.9 Å². The average molecular weight is 315 g/mol. The van der Waals surface area contributed by atoms with Gasteiger partial charge in [-0.15, -0.1) is 0 Å². The Balaban J connectivity index is 2.04. The first-order valence-electron chi connectivity index (χ1n) is 7.97. The summed E-state index contributed by atoms with van der Waals surface area (Å²) in [6.45, 7) is 2.19. The number of methoxy groups -OCH3 is 1. The normalized spacial score (nSPS) is 16.0. The lowest BCUT2D eigenvalue weighted by molar-refractivity contribution is 0.415. The number of fused-ring (bicyclic) bond motifs is 2. The average Bonchev–Trinajstić information content (AvgIpc) is 2.95. The smallest absolute Gasteiger partial charge is 0.119 e. The van der Waals surface area contributed by atoms with E-state index in [-0.39, 0.29) is 6.04 Å². The van der Waals surface area contributed by atoms with Crippen molar-refractivity contribution in [2.24, 2.45) is 0 Å². The van der Waals surface area contributed by atoms with Gasteiger partial charge in [-0.05, 0) is 43.2 Å². The fourth-order valence-electron chi connectivity index (χ4n) is 3.53. The first kappa shape index (κ1) is 14.5. The van der Waals surface area contributed by atoms with Gasteiger partial charge in [-0.3, -0.25) is 4.98 Å². The first-order valence-corrected chi connectivity index (χ1v) is 7.97. The summed E-state index contributed by atoms with van der Waals surface area (Å²) >= 11 is 0.